The lowest BCUT2D eigenvalue weighted by molar-refractivity contribution is -0.116. The highest BCUT2D eigenvalue weighted by Crippen LogP contribution is 2.22. The summed E-state index contributed by atoms with van der Waals surface area (Å²) in [4.78, 5) is 15.3. The third kappa shape index (κ3) is 4.15. The number of hydrogen-bond donors (Lipinski definition) is 2. The number of rotatable bonds is 4. The normalized spacial score (nSPS) is 10.1. The Labute approximate surface area is 101 Å². The van der Waals surface area contributed by atoms with Crippen molar-refractivity contribution in [1.29, 1.82) is 0 Å². The molecule has 0 bridgehead atoms. The number of hydrogen-bond acceptors (Lipinski definition) is 3. The highest BCUT2D eigenvalue weighted by atomic mass is 79.9. The molecule has 0 aliphatic carbocycles. The SMILES string of the molecule is NCCCC(=O)Nc1cc(Br)cnc1Cl. The summed E-state index contributed by atoms with van der Waals surface area (Å²) in [7, 11) is 0. The van der Waals surface area contributed by atoms with Crippen LogP contribution in [0, 0.1) is 0 Å². The number of anilines is 1. The third-order valence-corrected chi connectivity index (χ3v) is 2.42. The second-order valence-electron chi connectivity index (χ2n) is 2.93. The molecule has 0 spiro atoms. The maximum absolute atomic E-state index is 11.4. The van der Waals surface area contributed by atoms with Crippen molar-refractivity contribution in [3.8, 4) is 0 Å². The van der Waals surface area contributed by atoms with Gasteiger partial charge in [0.25, 0.3) is 0 Å². The van der Waals surface area contributed by atoms with E-state index in [1.807, 2.05) is 0 Å². The van der Waals surface area contributed by atoms with E-state index in [-0.39, 0.29) is 11.1 Å². The van der Waals surface area contributed by atoms with Gasteiger partial charge in [-0.15, -0.1) is 0 Å². The smallest absolute Gasteiger partial charge is 0.224 e. The Kier molecular flexibility index (Phi) is 5.01. The molecule has 1 aromatic rings. The van der Waals surface area contributed by atoms with Gasteiger partial charge in [0.05, 0.1) is 5.69 Å². The summed E-state index contributed by atoms with van der Waals surface area (Å²) >= 11 is 9.05. The first kappa shape index (κ1) is 12.4. The summed E-state index contributed by atoms with van der Waals surface area (Å²) in [6.45, 7) is 0.498. The molecule has 0 aliphatic heterocycles. The highest BCUT2D eigenvalue weighted by molar-refractivity contribution is 9.10. The van der Waals surface area contributed by atoms with E-state index in [9.17, 15) is 4.79 Å². The van der Waals surface area contributed by atoms with Crippen LogP contribution in [0.5, 0.6) is 0 Å². The number of carbonyl (C=O) groups is 1. The molecule has 1 heterocycles. The predicted molar refractivity (Wildman–Crippen MR) is 63.9 cm³/mol. The Morgan fingerprint density at radius 3 is 3.07 bits per heavy atom. The first-order valence-electron chi connectivity index (χ1n) is 4.44. The van der Waals surface area contributed by atoms with E-state index in [4.69, 9.17) is 17.3 Å². The minimum atomic E-state index is -0.109. The molecule has 0 saturated carbocycles. The zero-order valence-corrected chi connectivity index (χ0v) is 10.3. The molecule has 6 heteroatoms. The number of aromatic nitrogens is 1. The number of carbonyl (C=O) groups excluding carboxylic acids is 1. The maximum Gasteiger partial charge on any atom is 0.224 e. The Morgan fingerprint density at radius 1 is 1.67 bits per heavy atom. The number of nitrogens with one attached hydrogen (secondary N) is 1. The van der Waals surface area contributed by atoms with Crippen molar-refractivity contribution in [2.45, 2.75) is 12.8 Å². The van der Waals surface area contributed by atoms with Gasteiger partial charge >= 0.3 is 0 Å². The number of nitrogens with two attached hydrogens (primary N) is 1. The van der Waals surface area contributed by atoms with E-state index in [1.54, 1.807) is 12.3 Å². The Morgan fingerprint density at radius 2 is 2.40 bits per heavy atom. The Balaban J connectivity index is 2.63. The minimum absolute atomic E-state index is 0.109. The summed E-state index contributed by atoms with van der Waals surface area (Å²) in [5, 5.41) is 2.94. The topological polar surface area (TPSA) is 68.0 Å². The van der Waals surface area contributed by atoms with E-state index in [0.29, 0.717) is 25.1 Å². The molecule has 0 radical (unpaired) electrons. The number of pyridine rings is 1. The largest absolute Gasteiger partial charge is 0.330 e. The quantitative estimate of drug-likeness (QED) is 0.836. The van der Waals surface area contributed by atoms with Gasteiger partial charge in [0, 0.05) is 17.1 Å². The Hall–Kier alpha value is -0.650. The fraction of sp³-hybridized carbons (Fsp3) is 0.333. The summed E-state index contributed by atoms with van der Waals surface area (Å²) in [6, 6.07) is 1.70. The van der Waals surface area contributed by atoms with Crippen molar-refractivity contribution in [2.24, 2.45) is 5.73 Å². The third-order valence-electron chi connectivity index (χ3n) is 1.69. The molecule has 0 saturated heterocycles. The molecule has 0 atom stereocenters. The lowest BCUT2D eigenvalue weighted by atomic mass is 10.3. The van der Waals surface area contributed by atoms with E-state index in [2.05, 4.69) is 26.2 Å². The predicted octanol–water partition coefficient (Wildman–Crippen LogP) is 2.17. The zero-order valence-electron chi connectivity index (χ0n) is 7.96. The van der Waals surface area contributed by atoms with E-state index in [0.717, 1.165) is 4.47 Å². The van der Waals surface area contributed by atoms with Crippen LogP contribution in [0.15, 0.2) is 16.7 Å². The van der Waals surface area contributed by atoms with E-state index < -0.39 is 0 Å². The minimum Gasteiger partial charge on any atom is -0.330 e. The summed E-state index contributed by atoms with van der Waals surface area (Å²) < 4.78 is 0.765. The van der Waals surface area contributed by atoms with Gasteiger partial charge in [-0.3, -0.25) is 4.79 Å². The second-order valence-corrected chi connectivity index (χ2v) is 4.21. The Bertz CT molecular complexity index is 359. The highest BCUT2D eigenvalue weighted by Gasteiger charge is 2.06. The molecule has 82 valence electrons. The molecule has 1 amide bonds. The molecular formula is C9H11BrClN3O. The maximum atomic E-state index is 11.4. The van der Waals surface area contributed by atoms with Crippen molar-refractivity contribution in [1.82, 2.24) is 4.98 Å². The average molecular weight is 293 g/mol. The van der Waals surface area contributed by atoms with Crippen LogP contribution in [0.25, 0.3) is 0 Å². The van der Waals surface area contributed by atoms with Crippen molar-refractivity contribution in [2.75, 3.05) is 11.9 Å². The molecule has 1 aromatic heterocycles. The van der Waals surface area contributed by atoms with Crippen molar-refractivity contribution < 1.29 is 4.79 Å². The van der Waals surface area contributed by atoms with Crippen molar-refractivity contribution in [3.05, 3.63) is 21.9 Å². The van der Waals surface area contributed by atoms with Crippen molar-refractivity contribution in [3.63, 3.8) is 0 Å². The van der Waals surface area contributed by atoms with Gasteiger partial charge in [-0.05, 0) is 35.0 Å². The van der Waals surface area contributed by atoms with Crippen molar-refractivity contribution >= 4 is 39.1 Å². The standard InChI is InChI=1S/C9H11BrClN3O/c10-6-4-7(9(11)13-5-6)14-8(15)2-1-3-12/h4-5H,1-3,12H2,(H,14,15). The summed E-state index contributed by atoms with van der Waals surface area (Å²) in [6.07, 6.45) is 2.61. The summed E-state index contributed by atoms with van der Waals surface area (Å²) in [5.41, 5.74) is 5.81. The monoisotopic (exact) mass is 291 g/mol. The molecule has 0 unspecified atom stereocenters. The van der Waals surface area contributed by atoms with Gasteiger partial charge in [0.2, 0.25) is 5.91 Å². The molecule has 0 aromatic carbocycles. The molecule has 0 aliphatic rings. The lowest BCUT2D eigenvalue weighted by Gasteiger charge is -2.06. The molecular weight excluding hydrogens is 281 g/mol. The molecule has 0 fully saturated rings. The van der Waals surface area contributed by atoms with Crippen LogP contribution >= 0.6 is 27.5 Å². The number of nitrogens with zero attached hydrogens (tertiary/aromatic N) is 1. The fourth-order valence-electron chi connectivity index (χ4n) is 0.986. The fourth-order valence-corrected chi connectivity index (χ4v) is 1.47. The van der Waals surface area contributed by atoms with Crippen LogP contribution in [-0.2, 0) is 4.79 Å². The average Bonchev–Trinajstić information content (AvgIpc) is 2.20. The molecule has 1 rings (SSSR count). The van der Waals surface area contributed by atoms with Gasteiger partial charge in [-0.25, -0.2) is 4.98 Å². The lowest BCUT2D eigenvalue weighted by Crippen LogP contribution is -2.13. The number of amides is 1. The second kappa shape index (κ2) is 6.05. The van der Waals surface area contributed by atoms with Gasteiger partial charge in [-0.2, -0.15) is 0 Å². The molecule has 15 heavy (non-hydrogen) atoms. The zero-order chi connectivity index (χ0) is 11.3. The van der Waals surface area contributed by atoms with Crippen LogP contribution < -0.4 is 11.1 Å². The molecule has 4 nitrogen and oxygen atoms in total. The van der Waals surface area contributed by atoms with Crippen LogP contribution in [-0.4, -0.2) is 17.4 Å². The summed E-state index contributed by atoms with van der Waals surface area (Å²) in [5.74, 6) is -0.109. The molecule has 3 N–H and O–H groups in total. The first-order chi connectivity index (χ1) is 7.13. The van der Waals surface area contributed by atoms with Crippen LogP contribution in [0.2, 0.25) is 5.15 Å². The van der Waals surface area contributed by atoms with Gasteiger partial charge in [0.15, 0.2) is 5.15 Å². The van der Waals surface area contributed by atoms with Crippen LogP contribution in [0.1, 0.15) is 12.8 Å². The first-order valence-corrected chi connectivity index (χ1v) is 5.61. The number of halogens is 2. The van der Waals surface area contributed by atoms with Crippen LogP contribution in [0.4, 0.5) is 5.69 Å². The van der Waals surface area contributed by atoms with Crippen LogP contribution in [0.3, 0.4) is 0 Å². The van der Waals surface area contributed by atoms with Gasteiger partial charge in [0.1, 0.15) is 0 Å². The van der Waals surface area contributed by atoms with E-state index >= 15 is 0 Å². The van der Waals surface area contributed by atoms with Gasteiger partial charge < -0.3 is 11.1 Å². The van der Waals surface area contributed by atoms with Gasteiger partial charge in [-0.1, -0.05) is 11.6 Å². The van der Waals surface area contributed by atoms with E-state index in [1.165, 1.54) is 0 Å².